The van der Waals surface area contributed by atoms with Gasteiger partial charge in [0.2, 0.25) is 11.8 Å². The molecular formula is C19H20BrN3O3. The molecule has 0 saturated heterocycles. The smallest absolute Gasteiger partial charge is 0.236 e. The van der Waals surface area contributed by atoms with E-state index in [-0.39, 0.29) is 23.5 Å². The molecule has 0 radical (unpaired) electrons. The lowest BCUT2D eigenvalue weighted by Crippen LogP contribution is -2.36. The predicted octanol–water partition coefficient (Wildman–Crippen LogP) is 3.67. The summed E-state index contributed by atoms with van der Waals surface area (Å²) in [5, 5.41) is 7.14. The molecule has 1 aromatic carbocycles. The molecule has 0 unspecified atom stereocenters. The third-order valence-corrected chi connectivity index (χ3v) is 5.69. The molecule has 7 heteroatoms. The van der Waals surface area contributed by atoms with Crippen molar-refractivity contribution < 1.29 is 14.3 Å². The fraction of sp³-hybridized carbons (Fsp3) is 0.421. The topological polar surface area (TPSA) is 73.2 Å². The number of hydrogen-bond acceptors (Lipinski definition) is 4. The van der Waals surface area contributed by atoms with Gasteiger partial charge < -0.3 is 10.1 Å². The first-order valence-corrected chi connectivity index (χ1v) is 9.72. The van der Waals surface area contributed by atoms with Crippen molar-refractivity contribution in [2.45, 2.75) is 32.2 Å². The van der Waals surface area contributed by atoms with Crippen molar-refractivity contribution in [1.82, 2.24) is 9.78 Å². The molecule has 0 bridgehead atoms. The van der Waals surface area contributed by atoms with Crippen LogP contribution in [0.15, 0.2) is 34.9 Å². The van der Waals surface area contributed by atoms with Crippen LogP contribution in [0.2, 0.25) is 0 Å². The van der Waals surface area contributed by atoms with Crippen molar-refractivity contribution in [2.24, 2.45) is 11.8 Å². The zero-order chi connectivity index (χ0) is 18.1. The van der Waals surface area contributed by atoms with Crippen LogP contribution in [0.5, 0.6) is 5.88 Å². The first-order chi connectivity index (χ1) is 12.6. The first kappa shape index (κ1) is 17.3. The van der Waals surface area contributed by atoms with Gasteiger partial charge in [0, 0.05) is 21.9 Å². The van der Waals surface area contributed by atoms with Crippen molar-refractivity contribution in [3.8, 4) is 5.88 Å². The Morgan fingerprint density at radius 3 is 2.65 bits per heavy atom. The van der Waals surface area contributed by atoms with E-state index >= 15 is 0 Å². The summed E-state index contributed by atoms with van der Waals surface area (Å²) in [5.74, 6) is -0.0726. The number of nitrogens with zero attached hydrogens (tertiary/aromatic N) is 2. The lowest BCUT2D eigenvalue weighted by Gasteiger charge is -2.29. The Morgan fingerprint density at radius 1 is 1.15 bits per heavy atom. The molecule has 1 saturated carbocycles. The molecule has 26 heavy (non-hydrogen) atoms. The van der Waals surface area contributed by atoms with Gasteiger partial charge in [-0.25, -0.2) is 4.68 Å². The van der Waals surface area contributed by atoms with Crippen LogP contribution in [0, 0.1) is 11.8 Å². The van der Waals surface area contributed by atoms with E-state index in [1.807, 2.05) is 24.3 Å². The highest BCUT2D eigenvalue weighted by atomic mass is 79.9. The summed E-state index contributed by atoms with van der Waals surface area (Å²) in [5.41, 5.74) is 1.25. The highest BCUT2D eigenvalue weighted by Gasteiger charge is 2.36. The highest BCUT2D eigenvalue weighted by molar-refractivity contribution is 9.10. The van der Waals surface area contributed by atoms with E-state index in [2.05, 4.69) is 26.3 Å². The van der Waals surface area contributed by atoms with E-state index in [0.717, 1.165) is 30.2 Å². The number of ether oxygens (including phenoxy) is 1. The molecule has 2 atom stereocenters. The second-order valence-corrected chi connectivity index (χ2v) is 7.71. The zero-order valence-electron chi connectivity index (χ0n) is 14.3. The van der Waals surface area contributed by atoms with Crippen molar-refractivity contribution in [3.63, 3.8) is 0 Å². The van der Waals surface area contributed by atoms with Crippen LogP contribution in [0.3, 0.4) is 0 Å². The number of halogens is 1. The SMILES string of the molecule is O=C(Nc1cnn2c1OCC2)[C@@H]1CCCC[C@H]1C(=O)c1ccc(Br)cc1. The second kappa shape index (κ2) is 7.23. The van der Waals surface area contributed by atoms with E-state index in [4.69, 9.17) is 4.74 Å². The van der Waals surface area contributed by atoms with Crippen LogP contribution < -0.4 is 10.1 Å². The quantitative estimate of drug-likeness (QED) is 0.770. The number of amides is 1. The minimum Gasteiger partial charge on any atom is -0.474 e. The standard InChI is InChI=1S/C19H20BrN3O3/c20-13-7-5-12(6-8-13)17(24)14-3-1-2-4-15(14)18(25)22-16-11-21-23-9-10-26-19(16)23/h5-8,11,14-15H,1-4,9-10H2,(H,22,25)/t14-,15-/m1/s1. The van der Waals surface area contributed by atoms with Gasteiger partial charge in [-0.15, -0.1) is 0 Å². The molecule has 1 aromatic heterocycles. The molecule has 136 valence electrons. The maximum absolute atomic E-state index is 13.0. The third kappa shape index (κ3) is 3.28. The fourth-order valence-electron chi connectivity index (χ4n) is 3.81. The molecule has 2 aromatic rings. The summed E-state index contributed by atoms with van der Waals surface area (Å²) >= 11 is 3.39. The van der Waals surface area contributed by atoms with Gasteiger partial charge in [0.25, 0.3) is 0 Å². The number of aromatic nitrogens is 2. The van der Waals surface area contributed by atoms with Gasteiger partial charge in [-0.3, -0.25) is 9.59 Å². The molecule has 1 aliphatic heterocycles. The summed E-state index contributed by atoms with van der Waals surface area (Å²) in [6, 6.07) is 7.35. The number of carbonyl (C=O) groups excluding carboxylic acids is 2. The summed E-state index contributed by atoms with van der Waals surface area (Å²) in [4.78, 5) is 25.9. The van der Waals surface area contributed by atoms with Gasteiger partial charge in [-0.2, -0.15) is 5.10 Å². The molecule has 1 amide bonds. The number of fused-ring (bicyclic) bond motifs is 1. The van der Waals surface area contributed by atoms with E-state index in [9.17, 15) is 9.59 Å². The Bertz CT molecular complexity index is 831. The monoisotopic (exact) mass is 417 g/mol. The van der Waals surface area contributed by atoms with Gasteiger partial charge in [-0.05, 0) is 25.0 Å². The Labute approximate surface area is 160 Å². The number of carbonyl (C=O) groups is 2. The molecule has 2 heterocycles. The highest BCUT2D eigenvalue weighted by Crippen LogP contribution is 2.35. The van der Waals surface area contributed by atoms with Crippen LogP contribution in [-0.2, 0) is 11.3 Å². The number of anilines is 1. The number of nitrogens with one attached hydrogen (secondary N) is 1. The van der Waals surface area contributed by atoms with Gasteiger partial charge >= 0.3 is 0 Å². The normalized spacial score (nSPS) is 21.7. The number of hydrogen-bond donors (Lipinski definition) is 1. The minimum atomic E-state index is -0.322. The molecule has 0 spiro atoms. The summed E-state index contributed by atoms with van der Waals surface area (Å²) in [6.45, 7) is 1.26. The van der Waals surface area contributed by atoms with Crippen LogP contribution in [0.4, 0.5) is 5.69 Å². The van der Waals surface area contributed by atoms with Crippen molar-refractivity contribution in [3.05, 3.63) is 40.5 Å². The van der Waals surface area contributed by atoms with Gasteiger partial charge in [0.05, 0.1) is 12.7 Å². The number of Topliss-reactive ketones (excluding diaryl/α,β-unsaturated/α-hetero) is 1. The average molecular weight is 418 g/mol. The lowest BCUT2D eigenvalue weighted by atomic mass is 9.75. The molecule has 1 fully saturated rings. The average Bonchev–Trinajstić information content (AvgIpc) is 3.27. The summed E-state index contributed by atoms with van der Waals surface area (Å²) in [6.07, 6.45) is 5.02. The fourth-order valence-corrected chi connectivity index (χ4v) is 4.08. The van der Waals surface area contributed by atoms with E-state index in [1.165, 1.54) is 0 Å². The van der Waals surface area contributed by atoms with Crippen molar-refractivity contribution in [2.75, 3.05) is 11.9 Å². The lowest BCUT2D eigenvalue weighted by molar-refractivity contribution is -0.122. The van der Waals surface area contributed by atoms with Gasteiger partial charge in [0.1, 0.15) is 12.3 Å². The Kier molecular flexibility index (Phi) is 4.80. The largest absolute Gasteiger partial charge is 0.474 e. The predicted molar refractivity (Wildman–Crippen MR) is 100 cm³/mol. The third-order valence-electron chi connectivity index (χ3n) is 5.16. The zero-order valence-corrected chi connectivity index (χ0v) is 15.9. The number of rotatable bonds is 4. The van der Waals surface area contributed by atoms with Gasteiger partial charge in [0.15, 0.2) is 5.78 Å². The number of ketones is 1. The van der Waals surface area contributed by atoms with Crippen LogP contribution in [0.1, 0.15) is 36.0 Å². The molecule has 6 nitrogen and oxygen atoms in total. The maximum atomic E-state index is 13.0. The Hall–Kier alpha value is -2.15. The maximum Gasteiger partial charge on any atom is 0.236 e. The molecular weight excluding hydrogens is 398 g/mol. The molecule has 1 aliphatic carbocycles. The van der Waals surface area contributed by atoms with Crippen LogP contribution in [-0.4, -0.2) is 28.1 Å². The first-order valence-electron chi connectivity index (χ1n) is 8.93. The second-order valence-electron chi connectivity index (χ2n) is 6.79. The molecule has 2 aliphatic rings. The van der Waals surface area contributed by atoms with Crippen molar-refractivity contribution in [1.29, 1.82) is 0 Å². The van der Waals surface area contributed by atoms with Crippen LogP contribution in [0.25, 0.3) is 0 Å². The summed E-state index contributed by atoms with van der Waals surface area (Å²) < 4.78 is 8.20. The van der Waals surface area contributed by atoms with E-state index in [1.54, 1.807) is 10.9 Å². The van der Waals surface area contributed by atoms with Gasteiger partial charge in [-0.1, -0.05) is 40.9 Å². The van der Waals surface area contributed by atoms with Crippen LogP contribution >= 0.6 is 15.9 Å². The minimum absolute atomic E-state index is 0.0498. The van der Waals surface area contributed by atoms with Crippen molar-refractivity contribution >= 4 is 33.3 Å². The Balaban J connectivity index is 1.52. The Morgan fingerprint density at radius 2 is 1.88 bits per heavy atom. The summed E-state index contributed by atoms with van der Waals surface area (Å²) in [7, 11) is 0. The van der Waals surface area contributed by atoms with E-state index in [0.29, 0.717) is 30.3 Å². The molecule has 4 rings (SSSR count). The number of benzene rings is 1. The van der Waals surface area contributed by atoms with E-state index < -0.39 is 0 Å². The molecule has 1 N–H and O–H groups in total.